The van der Waals surface area contributed by atoms with Gasteiger partial charge in [0.2, 0.25) is 0 Å². The Kier molecular flexibility index (Phi) is 7.93. The third kappa shape index (κ3) is 5.68. The first kappa shape index (κ1) is 26.2. The summed E-state index contributed by atoms with van der Waals surface area (Å²) in [5, 5.41) is 14.2. The average molecular weight is 518 g/mol. The molecule has 200 valence electrons. The average Bonchev–Trinajstić information content (AvgIpc) is 3.41. The normalized spacial score (nSPS) is 21.8. The number of nitrogens with two attached hydrogens (primary N) is 1. The number of aliphatic hydroxyl groups is 1. The molecule has 0 amide bonds. The fourth-order valence-corrected chi connectivity index (χ4v) is 5.45. The van der Waals surface area contributed by atoms with Crippen LogP contribution >= 0.6 is 0 Å². The van der Waals surface area contributed by atoms with Gasteiger partial charge in [-0.3, -0.25) is 4.79 Å². The van der Waals surface area contributed by atoms with E-state index in [1.54, 1.807) is 19.3 Å². The van der Waals surface area contributed by atoms with E-state index in [9.17, 15) is 9.90 Å². The van der Waals surface area contributed by atoms with Crippen molar-refractivity contribution in [1.29, 1.82) is 0 Å². The third-order valence-corrected chi connectivity index (χ3v) is 7.48. The molecule has 4 atom stereocenters. The van der Waals surface area contributed by atoms with Crippen molar-refractivity contribution >= 4 is 5.97 Å². The van der Waals surface area contributed by atoms with Crippen LogP contribution in [0.2, 0.25) is 0 Å². The lowest BCUT2D eigenvalue weighted by Crippen LogP contribution is -2.26. The number of rotatable bonds is 10. The van der Waals surface area contributed by atoms with Crippen LogP contribution in [0.1, 0.15) is 55.9 Å². The largest absolute Gasteiger partial charge is 0.466 e. The molecule has 1 aliphatic heterocycles. The summed E-state index contributed by atoms with van der Waals surface area (Å²) >= 11 is 0. The van der Waals surface area contributed by atoms with Crippen molar-refractivity contribution in [2.75, 3.05) is 32.8 Å². The Bertz CT molecular complexity index is 1290. The minimum absolute atomic E-state index is 0.101. The summed E-state index contributed by atoms with van der Waals surface area (Å²) in [5.74, 6) is 9.67. The molecule has 1 saturated carbocycles. The molecule has 3 aromatic rings. The number of imidazole rings is 1. The van der Waals surface area contributed by atoms with Gasteiger partial charge < -0.3 is 29.6 Å². The number of fused-ring (bicyclic) bond motifs is 1. The number of hydrogen-bond acceptors (Lipinski definition) is 8. The molecule has 1 aromatic carbocycles. The summed E-state index contributed by atoms with van der Waals surface area (Å²) < 4.78 is 12.5. The molecule has 2 unspecified atom stereocenters. The predicted octanol–water partition coefficient (Wildman–Crippen LogP) is 3.01. The second-order valence-electron chi connectivity index (χ2n) is 10.1. The van der Waals surface area contributed by atoms with Gasteiger partial charge >= 0.3 is 5.97 Å². The van der Waals surface area contributed by atoms with E-state index in [0.717, 1.165) is 37.2 Å². The minimum Gasteiger partial charge on any atom is -0.466 e. The Labute approximate surface area is 223 Å². The molecule has 1 saturated heterocycles. The van der Waals surface area contributed by atoms with E-state index >= 15 is 0 Å². The summed E-state index contributed by atoms with van der Waals surface area (Å²) in [4.78, 5) is 18.2. The van der Waals surface area contributed by atoms with Crippen LogP contribution in [0.5, 0.6) is 0 Å². The molecule has 0 spiro atoms. The highest BCUT2D eigenvalue weighted by Crippen LogP contribution is 2.51. The molecule has 2 aromatic heterocycles. The summed E-state index contributed by atoms with van der Waals surface area (Å²) in [6.45, 7) is 7.35. The van der Waals surface area contributed by atoms with Crippen LogP contribution in [0, 0.1) is 29.6 Å². The van der Waals surface area contributed by atoms with Crippen molar-refractivity contribution in [2.45, 2.75) is 38.8 Å². The Balaban J connectivity index is 1.14. The van der Waals surface area contributed by atoms with Crippen molar-refractivity contribution in [1.82, 2.24) is 19.6 Å². The van der Waals surface area contributed by atoms with Crippen LogP contribution in [0.3, 0.4) is 0 Å². The molecule has 0 radical (unpaired) electrons. The monoisotopic (exact) mass is 517 g/mol. The van der Waals surface area contributed by atoms with Gasteiger partial charge in [0, 0.05) is 61.6 Å². The van der Waals surface area contributed by atoms with Gasteiger partial charge in [-0.25, -0.2) is 4.98 Å². The Hall–Kier alpha value is -3.45. The summed E-state index contributed by atoms with van der Waals surface area (Å²) in [6.07, 6.45) is 4.07. The fraction of sp³-hybridized carbons (Fsp3) is 0.483. The zero-order chi connectivity index (χ0) is 26.6. The lowest BCUT2D eigenvalue weighted by Gasteiger charge is -2.17. The molecular weight excluding hydrogens is 482 g/mol. The quantitative estimate of drug-likeness (QED) is 0.311. The number of benzene rings is 1. The van der Waals surface area contributed by atoms with E-state index in [2.05, 4.69) is 26.9 Å². The van der Waals surface area contributed by atoms with Crippen molar-refractivity contribution in [3.8, 4) is 23.2 Å². The second kappa shape index (κ2) is 11.5. The number of piperidine rings is 1. The molecule has 0 bridgehead atoms. The molecule has 3 N–H and O–H groups in total. The van der Waals surface area contributed by atoms with E-state index in [1.165, 1.54) is 0 Å². The molecular formula is C29H35N5O4. The lowest BCUT2D eigenvalue weighted by atomic mass is 10.1. The zero-order valence-electron chi connectivity index (χ0n) is 21.9. The standard InChI is InChI=1S/C29H35N5O4/c1-3-37-28(36)5-4-13-33-17-23-22(24(23)18-33)11-8-20-6-9-21(10-7-20)27-15-25(32-38-27)26(16-30)34-14-12-31-29(34)19(2)35/h6-7,9-10,12,14-15,19,22-24,26,35H,3-5,13,16-18,30H2,1-2H3/t19-,22?,23?,24?,26+/m0/s1. The SMILES string of the molecule is CCOC(=O)CCCN1CC2C(C#Cc3ccc(-c4cc([C@@H](CN)n5ccnc5[C@H](C)O)no4)cc3)C2C1. The highest BCUT2D eigenvalue weighted by molar-refractivity contribution is 5.69. The van der Waals surface area contributed by atoms with E-state index < -0.39 is 6.10 Å². The van der Waals surface area contributed by atoms with Crippen LogP contribution in [-0.2, 0) is 9.53 Å². The van der Waals surface area contributed by atoms with Crippen molar-refractivity contribution in [3.63, 3.8) is 0 Å². The molecule has 3 heterocycles. The topological polar surface area (TPSA) is 120 Å². The van der Waals surface area contributed by atoms with Gasteiger partial charge in [-0.1, -0.05) is 17.0 Å². The van der Waals surface area contributed by atoms with E-state index in [0.29, 0.717) is 54.6 Å². The van der Waals surface area contributed by atoms with E-state index in [1.807, 2.05) is 41.8 Å². The second-order valence-corrected chi connectivity index (χ2v) is 10.1. The number of carbonyl (C=O) groups is 1. The molecule has 9 heteroatoms. The molecule has 9 nitrogen and oxygen atoms in total. The van der Waals surface area contributed by atoms with E-state index in [4.69, 9.17) is 15.0 Å². The third-order valence-electron chi connectivity index (χ3n) is 7.48. The number of nitrogens with zero attached hydrogens (tertiary/aromatic N) is 4. The van der Waals surface area contributed by atoms with Crippen LogP contribution in [0.4, 0.5) is 0 Å². The predicted molar refractivity (Wildman–Crippen MR) is 142 cm³/mol. The van der Waals surface area contributed by atoms with E-state index in [-0.39, 0.29) is 12.0 Å². The first-order valence-corrected chi connectivity index (χ1v) is 13.4. The lowest BCUT2D eigenvalue weighted by molar-refractivity contribution is -0.143. The highest BCUT2D eigenvalue weighted by Gasteiger charge is 2.54. The van der Waals surface area contributed by atoms with Gasteiger partial charge in [-0.2, -0.15) is 0 Å². The first-order chi connectivity index (χ1) is 18.5. The van der Waals surface area contributed by atoms with Crippen LogP contribution in [-0.4, -0.2) is 63.5 Å². The zero-order valence-corrected chi connectivity index (χ0v) is 21.9. The maximum absolute atomic E-state index is 11.5. The number of hydrogen-bond donors (Lipinski definition) is 2. The maximum Gasteiger partial charge on any atom is 0.305 e. The first-order valence-electron chi connectivity index (χ1n) is 13.4. The van der Waals surface area contributed by atoms with Gasteiger partial charge in [0.25, 0.3) is 0 Å². The molecule has 1 aliphatic carbocycles. The highest BCUT2D eigenvalue weighted by atomic mass is 16.5. The number of aliphatic hydroxyl groups excluding tert-OH is 1. The summed E-state index contributed by atoms with van der Waals surface area (Å²) in [6, 6.07) is 9.59. The van der Waals surface area contributed by atoms with Gasteiger partial charge in [-0.15, -0.1) is 0 Å². The van der Waals surface area contributed by atoms with Crippen LogP contribution < -0.4 is 5.73 Å². The Morgan fingerprint density at radius 3 is 2.74 bits per heavy atom. The van der Waals surface area contributed by atoms with Crippen LogP contribution in [0.15, 0.2) is 47.2 Å². The minimum atomic E-state index is -0.712. The molecule has 2 aliphatic rings. The van der Waals surface area contributed by atoms with Gasteiger partial charge in [0.15, 0.2) is 5.76 Å². The van der Waals surface area contributed by atoms with Crippen molar-refractivity contribution < 1.29 is 19.2 Å². The van der Waals surface area contributed by atoms with Crippen molar-refractivity contribution in [2.24, 2.45) is 23.5 Å². The summed E-state index contributed by atoms with van der Waals surface area (Å²) in [5.41, 5.74) is 8.60. The Morgan fingerprint density at radius 1 is 1.29 bits per heavy atom. The number of carbonyl (C=O) groups excluding carboxylic acids is 1. The van der Waals surface area contributed by atoms with Gasteiger partial charge in [-0.05, 0) is 62.9 Å². The smallest absolute Gasteiger partial charge is 0.305 e. The fourth-order valence-electron chi connectivity index (χ4n) is 5.45. The maximum atomic E-state index is 11.5. The van der Waals surface area contributed by atoms with Crippen molar-refractivity contribution in [3.05, 3.63) is 59.8 Å². The van der Waals surface area contributed by atoms with Crippen LogP contribution in [0.25, 0.3) is 11.3 Å². The summed E-state index contributed by atoms with van der Waals surface area (Å²) in [7, 11) is 0. The number of likely N-dealkylation sites (tertiary alicyclic amines) is 1. The number of aromatic nitrogens is 3. The Morgan fingerprint density at radius 2 is 2.05 bits per heavy atom. The molecule has 38 heavy (non-hydrogen) atoms. The van der Waals surface area contributed by atoms with Gasteiger partial charge in [0.1, 0.15) is 17.6 Å². The number of ether oxygens (including phenoxy) is 1. The van der Waals surface area contributed by atoms with Gasteiger partial charge in [0.05, 0.1) is 12.6 Å². The molecule has 2 fully saturated rings. The molecule has 5 rings (SSSR count). The number of esters is 1.